The second kappa shape index (κ2) is 5.39. The summed E-state index contributed by atoms with van der Waals surface area (Å²) < 4.78 is 0. The SMILES string of the molecule is CC(C)=C[C@H]1[C@H](C(=O)Nc2nc(-c3ccc[nH]3)cs2)C1(C)C. The van der Waals surface area contributed by atoms with Crippen LogP contribution < -0.4 is 5.32 Å². The minimum atomic E-state index is 0.0280. The lowest BCUT2D eigenvalue weighted by atomic mass is 10.1. The third-order valence-corrected chi connectivity index (χ3v) is 5.07. The first-order valence-corrected chi connectivity index (χ1v) is 8.32. The van der Waals surface area contributed by atoms with Gasteiger partial charge in [0.05, 0.1) is 17.3 Å². The molecule has 0 bridgehead atoms. The second-order valence-electron chi connectivity index (χ2n) is 6.68. The van der Waals surface area contributed by atoms with Crippen LogP contribution in [0.2, 0.25) is 0 Å². The van der Waals surface area contributed by atoms with Gasteiger partial charge in [-0.15, -0.1) is 11.3 Å². The number of aromatic nitrogens is 2. The maximum absolute atomic E-state index is 12.5. The molecular formula is C17H21N3OS. The zero-order chi connectivity index (χ0) is 15.9. The van der Waals surface area contributed by atoms with Crippen molar-refractivity contribution >= 4 is 22.4 Å². The first-order chi connectivity index (χ1) is 10.4. The summed E-state index contributed by atoms with van der Waals surface area (Å²) in [6.45, 7) is 8.45. The Kier molecular flexibility index (Phi) is 3.68. The number of carbonyl (C=O) groups is 1. The summed E-state index contributed by atoms with van der Waals surface area (Å²) in [7, 11) is 0. The van der Waals surface area contributed by atoms with Crippen LogP contribution in [0.4, 0.5) is 5.13 Å². The summed E-state index contributed by atoms with van der Waals surface area (Å²) in [6.07, 6.45) is 4.07. The normalized spacial score (nSPS) is 22.2. The van der Waals surface area contributed by atoms with Gasteiger partial charge < -0.3 is 10.3 Å². The molecule has 116 valence electrons. The van der Waals surface area contributed by atoms with Gasteiger partial charge in [-0.2, -0.15) is 0 Å². The Hall–Kier alpha value is -1.88. The lowest BCUT2D eigenvalue weighted by Crippen LogP contribution is -2.16. The molecule has 0 aliphatic heterocycles. The van der Waals surface area contributed by atoms with Crippen molar-refractivity contribution < 1.29 is 4.79 Å². The first-order valence-electron chi connectivity index (χ1n) is 7.45. The molecule has 1 fully saturated rings. The maximum Gasteiger partial charge on any atom is 0.230 e. The molecule has 3 rings (SSSR count). The number of rotatable bonds is 4. The number of thiazole rings is 1. The van der Waals surface area contributed by atoms with Crippen LogP contribution in [0.3, 0.4) is 0 Å². The van der Waals surface area contributed by atoms with Gasteiger partial charge in [0.1, 0.15) is 0 Å². The number of nitrogens with one attached hydrogen (secondary N) is 2. The molecule has 2 aromatic heterocycles. The Labute approximate surface area is 134 Å². The van der Waals surface area contributed by atoms with Gasteiger partial charge in [0, 0.05) is 11.6 Å². The van der Waals surface area contributed by atoms with Crippen molar-refractivity contribution in [3.05, 3.63) is 35.4 Å². The number of hydrogen-bond acceptors (Lipinski definition) is 3. The van der Waals surface area contributed by atoms with Gasteiger partial charge in [0.25, 0.3) is 0 Å². The minimum Gasteiger partial charge on any atom is -0.360 e. The van der Waals surface area contributed by atoms with Crippen molar-refractivity contribution in [2.24, 2.45) is 17.3 Å². The zero-order valence-corrected chi connectivity index (χ0v) is 14.1. The zero-order valence-electron chi connectivity index (χ0n) is 13.3. The molecule has 1 aliphatic rings. The van der Waals surface area contributed by atoms with Crippen molar-refractivity contribution in [2.75, 3.05) is 5.32 Å². The van der Waals surface area contributed by atoms with Crippen LogP contribution in [-0.4, -0.2) is 15.9 Å². The predicted molar refractivity (Wildman–Crippen MR) is 90.7 cm³/mol. The number of anilines is 1. The monoisotopic (exact) mass is 315 g/mol. The lowest BCUT2D eigenvalue weighted by molar-refractivity contribution is -0.118. The van der Waals surface area contributed by atoms with Crippen LogP contribution in [0.25, 0.3) is 11.4 Å². The highest BCUT2D eigenvalue weighted by atomic mass is 32.1. The molecule has 22 heavy (non-hydrogen) atoms. The van der Waals surface area contributed by atoms with E-state index in [9.17, 15) is 4.79 Å². The third kappa shape index (κ3) is 2.73. The van der Waals surface area contributed by atoms with Crippen LogP contribution in [0.1, 0.15) is 27.7 Å². The highest BCUT2D eigenvalue weighted by Gasteiger charge is 2.60. The first kappa shape index (κ1) is 15.0. The lowest BCUT2D eigenvalue weighted by Gasteiger charge is -2.02. The van der Waals surface area contributed by atoms with E-state index in [-0.39, 0.29) is 17.2 Å². The van der Waals surface area contributed by atoms with Crippen LogP contribution in [0.15, 0.2) is 35.4 Å². The molecular weight excluding hydrogens is 294 g/mol. The molecule has 4 nitrogen and oxygen atoms in total. The number of hydrogen-bond donors (Lipinski definition) is 2. The van der Waals surface area contributed by atoms with Crippen molar-refractivity contribution in [1.29, 1.82) is 0 Å². The molecule has 0 aromatic carbocycles. The average Bonchev–Trinajstić information content (AvgIpc) is 2.90. The number of aromatic amines is 1. The van der Waals surface area contributed by atoms with Crippen LogP contribution in [-0.2, 0) is 4.79 Å². The number of allylic oxidation sites excluding steroid dienone is 2. The Morgan fingerprint density at radius 3 is 2.86 bits per heavy atom. The van der Waals surface area contributed by atoms with Crippen LogP contribution in [0, 0.1) is 17.3 Å². The van der Waals surface area contributed by atoms with Gasteiger partial charge in [-0.25, -0.2) is 4.98 Å². The fraction of sp³-hybridized carbons (Fsp3) is 0.412. The Morgan fingerprint density at radius 2 is 2.23 bits per heavy atom. The summed E-state index contributed by atoms with van der Waals surface area (Å²) in [5.74, 6) is 0.417. The van der Waals surface area contributed by atoms with Crippen LogP contribution in [0.5, 0.6) is 0 Å². The summed E-state index contributed by atoms with van der Waals surface area (Å²) in [6, 6.07) is 3.90. The predicted octanol–water partition coefficient (Wildman–Crippen LogP) is 4.32. The maximum atomic E-state index is 12.5. The fourth-order valence-corrected chi connectivity index (χ4v) is 3.69. The fourth-order valence-electron chi connectivity index (χ4n) is 2.98. The van der Waals surface area contributed by atoms with E-state index in [0.717, 1.165) is 11.4 Å². The van der Waals surface area contributed by atoms with E-state index in [1.807, 2.05) is 23.7 Å². The molecule has 2 atom stereocenters. The van der Waals surface area contributed by atoms with Crippen molar-refractivity contribution in [2.45, 2.75) is 27.7 Å². The average molecular weight is 315 g/mol. The smallest absolute Gasteiger partial charge is 0.230 e. The molecule has 0 spiro atoms. The van der Waals surface area contributed by atoms with Crippen molar-refractivity contribution in [3.8, 4) is 11.4 Å². The summed E-state index contributed by atoms with van der Waals surface area (Å²) in [5.41, 5.74) is 3.12. The molecule has 1 saturated carbocycles. The van der Waals surface area contributed by atoms with E-state index in [0.29, 0.717) is 11.0 Å². The van der Waals surface area contributed by atoms with Crippen molar-refractivity contribution in [1.82, 2.24) is 9.97 Å². The van der Waals surface area contributed by atoms with Gasteiger partial charge in [0.2, 0.25) is 5.91 Å². The Bertz CT molecular complexity index is 708. The Balaban J connectivity index is 1.69. The van der Waals surface area contributed by atoms with E-state index in [4.69, 9.17) is 0 Å². The van der Waals surface area contributed by atoms with E-state index in [1.165, 1.54) is 16.9 Å². The number of amides is 1. The molecule has 0 radical (unpaired) electrons. The molecule has 2 heterocycles. The summed E-state index contributed by atoms with van der Waals surface area (Å²) >= 11 is 1.46. The number of nitrogens with zero attached hydrogens (tertiary/aromatic N) is 1. The van der Waals surface area contributed by atoms with Gasteiger partial charge in [-0.3, -0.25) is 4.79 Å². The quantitative estimate of drug-likeness (QED) is 0.826. The second-order valence-corrected chi connectivity index (χ2v) is 7.54. The molecule has 5 heteroatoms. The van der Waals surface area contributed by atoms with Gasteiger partial charge in [0.15, 0.2) is 5.13 Å². The highest BCUT2D eigenvalue weighted by molar-refractivity contribution is 7.14. The van der Waals surface area contributed by atoms with Crippen LogP contribution >= 0.6 is 11.3 Å². The molecule has 1 aliphatic carbocycles. The third-order valence-electron chi connectivity index (χ3n) is 4.31. The van der Waals surface area contributed by atoms with Gasteiger partial charge in [-0.1, -0.05) is 25.5 Å². The Morgan fingerprint density at radius 1 is 1.45 bits per heavy atom. The number of carbonyl (C=O) groups excluding carboxylic acids is 1. The summed E-state index contributed by atoms with van der Waals surface area (Å²) in [4.78, 5) is 20.1. The molecule has 0 saturated heterocycles. The molecule has 2 N–H and O–H groups in total. The van der Waals surface area contributed by atoms with E-state index < -0.39 is 0 Å². The van der Waals surface area contributed by atoms with E-state index >= 15 is 0 Å². The topological polar surface area (TPSA) is 57.8 Å². The molecule has 2 aromatic rings. The van der Waals surface area contributed by atoms with Gasteiger partial charge >= 0.3 is 0 Å². The van der Waals surface area contributed by atoms with E-state index in [2.05, 4.69) is 49.1 Å². The molecule has 0 unspecified atom stereocenters. The largest absolute Gasteiger partial charge is 0.360 e. The van der Waals surface area contributed by atoms with E-state index in [1.54, 1.807) is 0 Å². The van der Waals surface area contributed by atoms with Gasteiger partial charge in [-0.05, 0) is 37.3 Å². The minimum absolute atomic E-state index is 0.0280. The van der Waals surface area contributed by atoms with Crippen molar-refractivity contribution in [3.63, 3.8) is 0 Å². The standard InChI is InChI=1S/C17H21N3OS/c1-10(2)8-11-14(17(11,3)4)15(21)20-16-19-13(9-22-16)12-6-5-7-18-12/h5-9,11,14,18H,1-4H3,(H,19,20,21)/t11-,14+/m0/s1. The highest BCUT2D eigenvalue weighted by Crippen LogP contribution is 2.59. The number of H-pyrrole nitrogens is 1. The molecule has 1 amide bonds. The summed E-state index contributed by atoms with van der Waals surface area (Å²) in [5, 5.41) is 5.58.